The Kier molecular flexibility index (Phi) is 2.85. The van der Waals surface area contributed by atoms with Gasteiger partial charge < -0.3 is 14.9 Å². The molecule has 6 heteroatoms. The lowest BCUT2D eigenvalue weighted by molar-refractivity contribution is 0.0647. The van der Waals surface area contributed by atoms with Gasteiger partial charge in [0.2, 0.25) is 0 Å². The van der Waals surface area contributed by atoms with E-state index in [0.717, 1.165) is 0 Å². The average Bonchev–Trinajstić information content (AvgIpc) is 2.36. The molecular formula is C12H9NO5. The van der Waals surface area contributed by atoms with Gasteiger partial charge in [-0.1, -0.05) is 12.1 Å². The molecule has 0 fully saturated rings. The number of carbonyl (C=O) groups is 2. The van der Waals surface area contributed by atoms with Gasteiger partial charge in [-0.2, -0.15) is 0 Å². The van der Waals surface area contributed by atoms with Gasteiger partial charge in [-0.25, -0.2) is 14.6 Å². The molecule has 0 saturated carbocycles. The van der Waals surface area contributed by atoms with E-state index in [-0.39, 0.29) is 5.56 Å². The van der Waals surface area contributed by atoms with E-state index in [2.05, 4.69) is 4.98 Å². The smallest absolute Gasteiger partial charge is 0.355 e. The second-order valence-corrected chi connectivity index (χ2v) is 3.53. The fourth-order valence-electron chi connectivity index (χ4n) is 1.66. The van der Waals surface area contributed by atoms with Crippen molar-refractivity contribution in [3.8, 4) is 5.75 Å². The summed E-state index contributed by atoms with van der Waals surface area (Å²) in [5, 5.41) is 18.4. The molecule has 6 nitrogen and oxygen atoms in total. The molecule has 0 saturated heterocycles. The van der Waals surface area contributed by atoms with E-state index in [9.17, 15) is 9.59 Å². The molecule has 0 amide bonds. The molecule has 0 radical (unpaired) electrons. The average molecular weight is 247 g/mol. The van der Waals surface area contributed by atoms with E-state index in [1.54, 1.807) is 18.2 Å². The maximum atomic E-state index is 11.0. The first-order valence-corrected chi connectivity index (χ1v) is 4.99. The molecule has 0 aliphatic rings. The Morgan fingerprint density at radius 1 is 1.22 bits per heavy atom. The van der Waals surface area contributed by atoms with Crippen molar-refractivity contribution in [2.24, 2.45) is 0 Å². The minimum absolute atomic E-state index is 0.322. The number of fused-ring (bicyclic) bond motifs is 1. The summed E-state index contributed by atoms with van der Waals surface area (Å²) in [6.07, 6.45) is 0. The predicted octanol–water partition coefficient (Wildman–Crippen LogP) is 1.64. The molecule has 1 aromatic carbocycles. The standard InChI is InChI=1S/C12H9NO5/c1-18-8-4-2-3-6-5-7(11(14)15)10(12(16)17)13-9(6)8/h2-5H,1H3,(H,14,15)(H,16,17). The summed E-state index contributed by atoms with van der Waals surface area (Å²) in [4.78, 5) is 25.9. The van der Waals surface area contributed by atoms with Crippen LogP contribution in [0.1, 0.15) is 20.8 Å². The van der Waals surface area contributed by atoms with Crippen LogP contribution in [-0.2, 0) is 0 Å². The number of para-hydroxylation sites is 1. The van der Waals surface area contributed by atoms with Crippen LogP contribution in [0.4, 0.5) is 0 Å². The number of carboxylic acids is 2. The normalized spacial score (nSPS) is 10.3. The first-order chi connectivity index (χ1) is 8.54. The molecule has 0 atom stereocenters. The van der Waals surface area contributed by atoms with Gasteiger partial charge in [0.1, 0.15) is 11.3 Å². The van der Waals surface area contributed by atoms with Gasteiger partial charge in [0.25, 0.3) is 0 Å². The van der Waals surface area contributed by atoms with Gasteiger partial charge >= 0.3 is 11.9 Å². The number of rotatable bonds is 3. The van der Waals surface area contributed by atoms with Gasteiger partial charge in [-0.05, 0) is 12.1 Å². The number of nitrogens with zero attached hydrogens (tertiary/aromatic N) is 1. The Morgan fingerprint density at radius 2 is 1.94 bits per heavy atom. The molecule has 2 rings (SSSR count). The van der Waals surface area contributed by atoms with Crippen LogP contribution in [0.15, 0.2) is 24.3 Å². The topological polar surface area (TPSA) is 96.7 Å². The van der Waals surface area contributed by atoms with Crippen LogP contribution in [0.5, 0.6) is 5.75 Å². The van der Waals surface area contributed by atoms with Crippen molar-refractivity contribution in [2.45, 2.75) is 0 Å². The summed E-state index contributed by atoms with van der Waals surface area (Å²) >= 11 is 0. The quantitative estimate of drug-likeness (QED) is 0.855. The van der Waals surface area contributed by atoms with Gasteiger partial charge in [-0.15, -0.1) is 0 Å². The zero-order chi connectivity index (χ0) is 13.3. The fourth-order valence-corrected chi connectivity index (χ4v) is 1.66. The number of hydrogen-bond donors (Lipinski definition) is 2. The Labute approximate surface area is 101 Å². The molecule has 0 aliphatic heterocycles. The summed E-state index contributed by atoms with van der Waals surface area (Å²) in [5.74, 6) is -2.32. The fraction of sp³-hybridized carbons (Fsp3) is 0.0833. The zero-order valence-corrected chi connectivity index (χ0v) is 9.38. The molecule has 0 aliphatic carbocycles. The molecule has 0 spiro atoms. The van der Waals surface area contributed by atoms with E-state index in [1.807, 2.05) is 0 Å². The van der Waals surface area contributed by atoms with Gasteiger partial charge in [0, 0.05) is 5.39 Å². The molecule has 1 heterocycles. The number of ether oxygens (including phenoxy) is 1. The second kappa shape index (κ2) is 4.33. The molecule has 2 N–H and O–H groups in total. The summed E-state index contributed by atoms with van der Waals surface area (Å²) in [6.45, 7) is 0. The van der Waals surface area contributed by atoms with Crippen molar-refractivity contribution in [3.05, 3.63) is 35.5 Å². The first kappa shape index (κ1) is 11.8. The molecular weight excluding hydrogens is 238 g/mol. The Hall–Kier alpha value is -2.63. The van der Waals surface area contributed by atoms with Gasteiger partial charge in [0.05, 0.1) is 12.7 Å². The van der Waals surface area contributed by atoms with E-state index in [0.29, 0.717) is 16.7 Å². The maximum Gasteiger partial charge on any atom is 0.355 e. The summed E-state index contributed by atoms with van der Waals surface area (Å²) in [5.41, 5.74) is -0.523. The summed E-state index contributed by atoms with van der Waals surface area (Å²) < 4.78 is 5.06. The molecule has 92 valence electrons. The highest BCUT2D eigenvalue weighted by Gasteiger charge is 2.19. The molecule has 0 bridgehead atoms. The Balaban J connectivity index is 2.84. The van der Waals surface area contributed by atoms with Crippen molar-refractivity contribution in [1.82, 2.24) is 4.98 Å². The number of aromatic carboxylic acids is 2. The number of benzene rings is 1. The third kappa shape index (κ3) is 1.84. The molecule has 2 aromatic rings. The minimum atomic E-state index is -1.39. The third-order valence-electron chi connectivity index (χ3n) is 2.46. The number of methoxy groups -OCH3 is 1. The highest BCUT2D eigenvalue weighted by Crippen LogP contribution is 2.25. The van der Waals surface area contributed by atoms with Crippen LogP contribution in [0.3, 0.4) is 0 Å². The van der Waals surface area contributed by atoms with Crippen molar-refractivity contribution in [1.29, 1.82) is 0 Å². The van der Waals surface area contributed by atoms with E-state index >= 15 is 0 Å². The number of carboxylic acid groups (broad SMARTS) is 2. The molecule has 0 unspecified atom stereocenters. The highest BCUT2D eigenvalue weighted by molar-refractivity contribution is 6.04. The van der Waals surface area contributed by atoms with E-state index in [1.165, 1.54) is 13.2 Å². The van der Waals surface area contributed by atoms with Crippen LogP contribution >= 0.6 is 0 Å². The molecule has 1 aromatic heterocycles. The Bertz CT molecular complexity index is 650. The highest BCUT2D eigenvalue weighted by atomic mass is 16.5. The van der Waals surface area contributed by atoms with Crippen LogP contribution in [-0.4, -0.2) is 34.2 Å². The summed E-state index contributed by atoms with van der Waals surface area (Å²) in [7, 11) is 1.43. The van der Waals surface area contributed by atoms with Gasteiger partial charge in [-0.3, -0.25) is 0 Å². The van der Waals surface area contributed by atoms with Crippen molar-refractivity contribution in [2.75, 3.05) is 7.11 Å². The molecule has 18 heavy (non-hydrogen) atoms. The number of aromatic nitrogens is 1. The maximum absolute atomic E-state index is 11.0. The Morgan fingerprint density at radius 3 is 2.50 bits per heavy atom. The van der Waals surface area contributed by atoms with Crippen LogP contribution in [0.25, 0.3) is 10.9 Å². The zero-order valence-electron chi connectivity index (χ0n) is 9.38. The number of pyridine rings is 1. The largest absolute Gasteiger partial charge is 0.494 e. The lowest BCUT2D eigenvalue weighted by Crippen LogP contribution is -2.11. The first-order valence-electron chi connectivity index (χ1n) is 4.99. The van der Waals surface area contributed by atoms with Crippen molar-refractivity contribution >= 4 is 22.8 Å². The van der Waals surface area contributed by atoms with E-state index in [4.69, 9.17) is 14.9 Å². The third-order valence-corrected chi connectivity index (χ3v) is 2.46. The summed E-state index contributed by atoms with van der Waals surface area (Å²) in [6, 6.07) is 6.22. The van der Waals surface area contributed by atoms with Crippen LogP contribution in [0.2, 0.25) is 0 Å². The lowest BCUT2D eigenvalue weighted by atomic mass is 10.1. The SMILES string of the molecule is COc1cccc2cc(C(=O)O)c(C(=O)O)nc12. The minimum Gasteiger partial charge on any atom is -0.494 e. The lowest BCUT2D eigenvalue weighted by Gasteiger charge is -2.07. The van der Waals surface area contributed by atoms with Crippen LogP contribution < -0.4 is 4.74 Å². The second-order valence-electron chi connectivity index (χ2n) is 3.53. The van der Waals surface area contributed by atoms with Crippen molar-refractivity contribution < 1.29 is 24.5 Å². The number of hydrogen-bond acceptors (Lipinski definition) is 4. The van der Waals surface area contributed by atoms with E-state index < -0.39 is 17.6 Å². The van der Waals surface area contributed by atoms with Gasteiger partial charge in [0.15, 0.2) is 5.69 Å². The predicted molar refractivity (Wildman–Crippen MR) is 62.2 cm³/mol. The monoisotopic (exact) mass is 247 g/mol. The van der Waals surface area contributed by atoms with Crippen molar-refractivity contribution in [3.63, 3.8) is 0 Å². The van der Waals surface area contributed by atoms with Crippen LogP contribution in [0, 0.1) is 0 Å².